The average Bonchev–Trinajstić information content (AvgIpc) is 3.31. The summed E-state index contributed by atoms with van der Waals surface area (Å²) >= 11 is 6.29. The van der Waals surface area contributed by atoms with Gasteiger partial charge in [-0.05, 0) is 49.1 Å². The molecular formula is C23H27ClN2O4. The van der Waals surface area contributed by atoms with E-state index in [2.05, 4.69) is 5.32 Å². The van der Waals surface area contributed by atoms with Crippen molar-refractivity contribution < 1.29 is 19.1 Å². The van der Waals surface area contributed by atoms with Gasteiger partial charge in [-0.1, -0.05) is 30.7 Å². The fourth-order valence-corrected chi connectivity index (χ4v) is 3.61. The van der Waals surface area contributed by atoms with Gasteiger partial charge in [-0.25, -0.2) is 0 Å². The van der Waals surface area contributed by atoms with Gasteiger partial charge in [-0.15, -0.1) is 0 Å². The molecule has 6 nitrogen and oxygen atoms in total. The fourth-order valence-electron chi connectivity index (χ4n) is 3.35. The third kappa shape index (κ3) is 5.25. The second kappa shape index (κ2) is 10.3. The Bertz CT molecular complexity index is 893. The first-order valence-corrected chi connectivity index (χ1v) is 10.6. The number of benzene rings is 2. The lowest BCUT2D eigenvalue weighted by atomic mass is 10.1. The zero-order valence-corrected chi connectivity index (χ0v) is 18.1. The third-order valence-electron chi connectivity index (χ3n) is 4.99. The van der Waals surface area contributed by atoms with Crippen molar-refractivity contribution in [3.8, 4) is 11.5 Å². The number of halogens is 1. The average molecular weight is 431 g/mol. The summed E-state index contributed by atoms with van der Waals surface area (Å²) in [7, 11) is 1.51. The smallest absolute Gasteiger partial charge is 0.253 e. The van der Waals surface area contributed by atoms with Gasteiger partial charge >= 0.3 is 0 Å². The number of amides is 2. The molecule has 0 aromatic heterocycles. The van der Waals surface area contributed by atoms with E-state index in [0.717, 1.165) is 37.9 Å². The molecule has 1 aliphatic heterocycles. The first-order chi connectivity index (χ1) is 14.5. The molecule has 0 spiro atoms. The van der Waals surface area contributed by atoms with Crippen LogP contribution in [0.3, 0.4) is 0 Å². The SMILES string of the molecule is CCCOc1c(Cl)cc(C(=O)NCc2ccc(C(=O)N3CCCC3)cc2)cc1OC. The highest BCUT2D eigenvalue weighted by atomic mass is 35.5. The summed E-state index contributed by atoms with van der Waals surface area (Å²) in [6.45, 7) is 4.50. The minimum atomic E-state index is -0.269. The minimum Gasteiger partial charge on any atom is -0.493 e. The number of carbonyl (C=O) groups is 2. The van der Waals surface area contributed by atoms with Crippen LogP contribution in [0.15, 0.2) is 36.4 Å². The summed E-state index contributed by atoms with van der Waals surface area (Å²) in [5, 5.41) is 3.20. The summed E-state index contributed by atoms with van der Waals surface area (Å²) in [4.78, 5) is 26.9. The van der Waals surface area contributed by atoms with E-state index in [0.29, 0.717) is 40.8 Å². The van der Waals surface area contributed by atoms with E-state index in [9.17, 15) is 9.59 Å². The Balaban J connectivity index is 1.62. The number of rotatable bonds is 8. The second-order valence-electron chi connectivity index (χ2n) is 7.22. The van der Waals surface area contributed by atoms with Gasteiger partial charge in [0.05, 0.1) is 18.7 Å². The zero-order chi connectivity index (χ0) is 21.5. The molecule has 1 fully saturated rings. The van der Waals surface area contributed by atoms with Crippen molar-refractivity contribution in [1.82, 2.24) is 10.2 Å². The number of hydrogen-bond acceptors (Lipinski definition) is 4. The molecule has 0 bridgehead atoms. The van der Waals surface area contributed by atoms with Gasteiger partial charge in [-0.3, -0.25) is 9.59 Å². The summed E-state index contributed by atoms with van der Waals surface area (Å²) in [6.07, 6.45) is 2.97. The van der Waals surface area contributed by atoms with Crippen LogP contribution in [0.4, 0.5) is 0 Å². The Labute approximate surface area is 182 Å². The van der Waals surface area contributed by atoms with Gasteiger partial charge in [-0.2, -0.15) is 0 Å². The standard InChI is InChI=1S/C23H27ClN2O4/c1-3-12-30-21-19(24)13-18(14-20(21)29-2)22(27)25-15-16-6-8-17(9-7-16)23(28)26-10-4-5-11-26/h6-9,13-14H,3-5,10-12,15H2,1-2H3,(H,25,27). The van der Waals surface area contributed by atoms with Crippen molar-refractivity contribution in [3.05, 3.63) is 58.1 Å². The first kappa shape index (κ1) is 22.0. The van der Waals surface area contributed by atoms with Crippen LogP contribution < -0.4 is 14.8 Å². The van der Waals surface area contributed by atoms with E-state index in [1.165, 1.54) is 7.11 Å². The maximum atomic E-state index is 12.6. The third-order valence-corrected chi connectivity index (χ3v) is 5.27. The number of nitrogens with zero attached hydrogens (tertiary/aromatic N) is 1. The Morgan fingerprint density at radius 2 is 1.80 bits per heavy atom. The highest BCUT2D eigenvalue weighted by molar-refractivity contribution is 6.32. The van der Waals surface area contributed by atoms with Crippen molar-refractivity contribution >= 4 is 23.4 Å². The number of methoxy groups -OCH3 is 1. The van der Waals surface area contributed by atoms with Crippen LogP contribution in [0.5, 0.6) is 11.5 Å². The second-order valence-corrected chi connectivity index (χ2v) is 7.62. The molecule has 1 saturated heterocycles. The molecule has 2 aromatic rings. The lowest BCUT2D eigenvalue weighted by molar-refractivity contribution is 0.0792. The zero-order valence-electron chi connectivity index (χ0n) is 17.4. The molecule has 1 N–H and O–H groups in total. The summed E-state index contributed by atoms with van der Waals surface area (Å²) in [5.74, 6) is 0.659. The van der Waals surface area contributed by atoms with E-state index in [-0.39, 0.29) is 11.8 Å². The highest BCUT2D eigenvalue weighted by Gasteiger charge is 2.19. The van der Waals surface area contributed by atoms with Crippen LogP contribution in [0.2, 0.25) is 5.02 Å². The van der Waals surface area contributed by atoms with Gasteiger partial charge in [0.1, 0.15) is 0 Å². The topological polar surface area (TPSA) is 67.9 Å². The molecular weight excluding hydrogens is 404 g/mol. The van der Waals surface area contributed by atoms with Gasteiger partial charge in [0.15, 0.2) is 11.5 Å². The monoisotopic (exact) mass is 430 g/mol. The van der Waals surface area contributed by atoms with Crippen molar-refractivity contribution in [1.29, 1.82) is 0 Å². The van der Waals surface area contributed by atoms with Crippen LogP contribution in [-0.2, 0) is 6.54 Å². The lowest BCUT2D eigenvalue weighted by Crippen LogP contribution is -2.27. The minimum absolute atomic E-state index is 0.0650. The number of hydrogen-bond donors (Lipinski definition) is 1. The maximum Gasteiger partial charge on any atom is 0.253 e. The van der Waals surface area contributed by atoms with Crippen molar-refractivity contribution in [3.63, 3.8) is 0 Å². The van der Waals surface area contributed by atoms with E-state index in [4.69, 9.17) is 21.1 Å². The number of carbonyl (C=O) groups excluding carboxylic acids is 2. The number of nitrogens with one attached hydrogen (secondary N) is 1. The first-order valence-electron chi connectivity index (χ1n) is 10.2. The number of ether oxygens (including phenoxy) is 2. The molecule has 1 heterocycles. The fraction of sp³-hybridized carbons (Fsp3) is 0.391. The Morgan fingerprint density at radius 1 is 1.10 bits per heavy atom. The van der Waals surface area contributed by atoms with Crippen molar-refractivity contribution in [2.45, 2.75) is 32.7 Å². The summed E-state index contributed by atoms with van der Waals surface area (Å²) in [6, 6.07) is 10.5. The van der Waals surface area contributed by atoms with Crippen molar-refractivity contribution in [2.75, 3.05) is 26.8 Å². The number of likely N-dealkylation sites (tertiary alicyclic amines) is 1. The Kier molecular flexibility index (Phi) is 7.57. The van der Waals surface area contributed by atoms with Gasteiger partial charge in [0, 0.05) is 30.8 Å². The van der Waals surface area contributed by atoms with Crippen LogP contribution in [0.25, 0.3) is 0 Å². The van der Waals surface area contributed by atoms with Gasteiger partial charge in [0.25, 0.3) is 11.8 Å². The lowest BCUT2D eigenvalue weighted by Gasteiger charge is -2.15. The van der Waals surface area contributed by atoms with Crippen LogP contribution in [-0.4, -0.2) is 43.5 Å². The van der Waals surface area contributed by atoms with E-state index < -0.39 is 0 Å². The molecule has 3 rings (SSSR count). The molecule has 2 amide bonds. The predicted octanol–water partition coefficient (Wildman–Crippen LogP) is 4.30. The molecule has 0 unspecified atom stereocenters. The predicted molar refractivity (Wildman–Crippen MR) is 117 cm³/mol. The molecule has 0 saturated carbocycles. The van der Waals surface area contributed by atoms with Crippen molar-refractivity contribution in [2.24, 2.45) is 0 Å². The quantitative estimate of drug-likeness (QED) is 0.677. The molecule has 2 aromatic carbocycles. The molecule has 30 heavy (non-hydrogen) atoms. The van der Waals surface area contributed by atoms with Gasteiger partial charge < -0.3 is 19.7 Å². The summed E-state index contributed by atoms with van der Waals surface area (Å²) in [5.41, 5.74) is 1.97. The van der Waals surface area contributed by atoms with Crippen LogP contribution in [0, 0.1) is 0 Å². The van der Waals surface area contributed by atoms with E-state index >= 15 is 0 Å². The molecule has 7 heteroatoms. The largest absolute Gasteiger partial charge is 0.493 e. The Morgan fingerprint density at radius 3 is 2.43 bits per heavy atom. The molecule has 0 aliphatic carbocycles. The van der Waals surface area contributed by atoms with Gasteiger partial charge in [0.2, 0.25) is 0 Å². The van der Waals surface area contributed by atoms with E-state index in [1.54, 1.807) is 12.1 Å². The highest BCUT2D eigenvalue weighted by Crippen LogP contribution is 2.36. The van der Waals surface area contributed by atoms with Crippen LogP contribution in [0.1, 0.15) is 52.5 Å². The molecule has 0 radical (unpaired) electrons. The Hall–Kier alpha value is -2.73. The van der Waals surface area contributed by atoms with E-state index in [1.807, 2.05) is 36.1 Å². The normalized spacial score (nSPS) is 13.2. The van der Waals surface area contributed by atoms with Crippen LogP contribution >= 0.6 is 11.6 Å². The molecule has 0 atom stereocenters. The molecule has 160 valence electrons. The summed E-state index contributed by atoms with van der Waals surface area (Å²) < 4.78 is 10.9. The molecule has 1 aliphatic rings. The maximum absolute atomic E-state index is 12.6.